The minimum absolute atomic E-state index is 0.481. The SMILES string of the molecule is CC.CC.CCC(C)(C)CNC. The third-order valence-corrected chi connectivity index (χ3v) is 1.61. The fraction of sp³-hybridized carbons (Fsp3) is 1.00. The number of nitrogens with one attached hydrogen (secondary N) is 1. The maximum atomic E-state index is 3.16. The van der Waals surface area contributed by atoms with Gasteiger partial charge in [-0.2, -0.15) is 0 Å². The van der Waals surface area contributed by atoms with Crippen molar-refractivity contribution in [2.75, 3.05) is 13.6 Å². The van der Waals surface area contributed by atoms with Crippen molar-refractivity contribution in [3.05, 3.63) is 0 Å². The summed E-state index contributed by atoms with van der Waals surface area (Å²) in [6.45, 7) is 15.9. The summed E-state index contributed by atoms with van der Waals surface area (Å²) in [4.78, 5) is 0. The molecule has 0 bridgehead atoms. The van der Waals surface area contributed by atoms with Gasteiger partial charge in [0.2, 0.25) is 0 Å². The summed E-state index contributed by atoms with van der Waals surface area (Å²) in [5.41, 5.74) is 0.481. The Bertz CT molecular complexity index is 58.0. The molecule has 0 unspecified atom stereocenters. The molecule has 1 nitrogen and oxygen atoms in total. The second-order valence-corrected chi connectivity index (χ2v) is 3.05. The van der Waals surface area contributed by atoms with Crippen LogP contribution in [0.2, 0.25) is 0 Å². The van der Waals surface area contributed by atoms with E-state index >= 15 is 0 Å². The van der Waals surface area contributed by atoms with Crippen molar-refractivity contribution in [2.24, 2.45) is 5.41 Å². The second-order valence-electron chi connectivity index (χ2n) is 3.05. The Morgan fingerprint density at radius 1 is 1.00 bits per heavy atom. The van der Waals surface area contributed by atoms with Crippen LogP contribution in [0.3, 0.4) is 0 Å². The lowest BCUT2D eigenvalue weighted by atomic mass is 9.90. The van der Waals surface area contributed by atoms with Crippen LogP contribution in [0.15, 0.2) is 0 Å². The Morgan fingerprint density at radius 2 is 1.33 bits per heavy atom. The van der Waals surface area contributed by atoms with Crippen LogP contribution in [0, 0.1) is 5.41 Å². The highest BCUT2D eigenvalue weighted by Gasteiger charge is 2.11. The zero-order valence-corrected chi connectivity index (χ0v) is 10.4. The van der Waals surface area contributed by atoms with Crippen LogP contribution in [0.25, 0.3) is 0 Å². The average molecular weight is 175 g/mol. The molecule has 1 heteroatoms. The van der Waals surface area contributed by atoms with E-state index in [4.69, 9.17) is 0 Å². The van der Waals surface area contributed by atoms with Gasteiger partial charge in [-0.25, -0.2) is 0 Å². The van der Waals surface area contributed by atoms with Gasteiger partial charge in [0.1, 0.15) is 0 Å². The van der Waals surface area contributed by atoms with Gasteiger partial charge in [-0.3, -0.25) is 0 Å². The van der Waals surface area contributed by atoms with E-state index < -0.39 is 0 Å². The van der Waals surface area contributed by atoms with E-state index in [9.17, 15) is 0 Å². The van der Waals surface area contributed by atoms with Crippen molar-refractivity contribution in [1.82, 2.24) is 5.32 Å². The highest BCUT2D eigenvalue weighted by molar-refractivity contribution is 4.67. The standard InChI is InChI=1S/C7H17N.2C2H6/c1-5-7(2,3)6-8-4;2*1-2/h8H,5-6H2,1-4H3;2*1-2H3. The monoisotopic (exact) mass is 175 g/mol. The Kier molecular flexibility index (Phi) is 20.2. The molecule has 0 rings (SSSR count). The van der Waals surface area contributed by atoms with E-state index in [2.05, 4.69) is 26.1 Å². The molecule has 0 saturated carbocycles. The third kappa shape index (κ3) is 16.5. The molecule has 0 radical (unpaired) electrons. The summed E-state index contributed by atoms with van der Waals surface area (Å²) in [6, 6.07) is 0. The van der Waals surface area contributed by atoms with Gasteiger partial charge in [0.15, 0.2) is 0 Å². The summed E-state index contributed by atoms with van der Waals surface area (Å²) in [6.07, 6.45) is 1.24. The fourth-order valence-corrected chi connectivity index (χ4v) is 0.604. The number of rotatable bonds is 3. The first kappa shape index (κ1) is 17.9. The minimum Gasteiger partial charge on any atom is -0.319 e. The Balaban J connectivity index is -0.000000175. The van der Waals surface area contributed by atoms with Crippen molar-refractivity contribution in [3.8, 4) is 0 Å². The van der Waals surface area contributed by atoms with Crippen LogP contribution >= 0.6 is 0 Å². The van der Waals surface area contributed by atoms with E-state index in [1.54, 1.807) is 0 Å². The van der Waals surface area contributed by atoms with Gasteiger partial charge >= 0.3 is 0 Å². The average Bonchev–Trinajstić information content (AvgIpc) is 2.12. The van der Waals surface area contributed by atoms with Gasteiger partial charge in [-0.1, -0.05) is 48.5 Å². The summed E-state index contributed by atoms with van der Waals surface area (Å²) in [7, 11) is 2.00. The van der Waals surface area contributed by atoms with Gasteiger partial charge in [-0.15, -0.1) is 0 Å². The van der Waals surface area contributed by atoms with Crippen molar-refractivity contribution in [1.29, 1.82) is 0 Å². The van der Waals surface area contributed by atoms with Gasteiger partial charge < -0.3 is 5.32 Å². The number of hydrogen-bond donors (Lipinski definition) is 1. The van der Waals surface area contributed by atoms with Crippen LogP contribution in [0.1, 0.15) is 54.9 Å². The predicted octanol–water partition coefficient (Wildman–Crippen LogP) is 3.69. The molecule has 12 heavy (non-hydrogen) atoms. The molecule has 0 spiro atoms. The first-order chi connectivity index (χ1) is 5.62. The smallest absolute Gasteiger partial charge is 0.0000589 e. The van der Waals surface area contributed by atoms with Crippen molar-refractivity contribution in [2.45, 2.75) is 54.9 Å². The molecule has 78 valence electrons. The van der Waals surface area contributed by atoms with Crippen LogP contribution < -0.4 is 5.32 Å². The topological polar surface area (TPSA) is 12.0 Å². The van der Waals surface area contributed by atoms with E-state index in [-0.39, 0.29) is 0 Å². The molecule has 0 aromatic carbocycles. The first-order valence-corrected chi connectivity index (χ1v) is 5.27. The summed E-state index contributed by atoms with van der Waals surface area (Å²) < 4.78 is 0. The zero-order chi connectivity index (χ0) is 10.6. The normalized spacial score (nSPS) is 9.00. The van der Waals surface area contributed by atoms with Crippen molar-refractivity contribution < 1.29 is 0 Å². The van der Waals surface area contributed by atoms with Crippen LogP contribution in [-0.4, -0.2) is 13.6 Å². The van der Waals surface area contributed by atoms with Crippen LogP contribution in [0.5, 0.6) is 0 Å². The second kappa shape index (κ2) is 13.5. The third-order valence-electron chi connectivity index (χ3n) is 1.61. The first-order valence-electron chi connectivity index (χ1n) is 5.27. The van der Waals surface area contributed by atoms with Gasteiger partial charge in [0.05, 0.1) is 0 Å². The Hall–Kier alpha value is -0.0400. The Morgan fingerprint density at radius 3 is 1.42 bits per heavy atom. The van der Waals surface area contributed by atoms with E-state index in [0.29, 0.717) is 5.41 Å². The van der Waals surface area contributed by atoms with E-state index in [0.717, 1.165) is 6.54 Å². The van der Waals surface area contributed by atoms with Crippen molar-refractivity contribution >= 4 is 0 Å². The summed E-state index contributed by atoms with van der Waals surface area (Å²) in [5.74, 6) is 0. The molecule has 0 aromatic heterocycles. The van der Waals surface area contributed by atoms with Crippen molar-refractivity contribution in [3.63, 3.8) is 0 Å². The predicted molar refractivity (Wildman–Crippen MR) is 60.7 cm³/mol. The van der Waals surface area contributed by atoms with E-state index in [1.807, 2.05) is 34.7 Å². The van der Waals surface area contributed by atoms with Crippen LogP contribution in [0.4, 0.5) is 0 Å². The zero-order valence-electron chi connectivity index (χ0n) is 10.4. The minimum atomic E-state index is 0.481. The lowest BCUT2D eigenvalue weighted by Gasteiger charge is -2.21. The molecule has 0 amide bonds. The maximum Gasteiger partial charge on any atom is -0.0000589 e. The molecule has 0 aliphatic carbocycles. The van der Waals surface area contributed by atoms with Gasteiger partial charge in [-0.05, 0) is 25.4 Å². The molecular weight excluding hydrogens is 146 g/mol. The molecule has 0 fully saturated rings. The Labute approximate surface area is 80.0 Å². The molecular formula is C11H29N. The molecule has 1 N–H and O–H groups in total. The highest BCUT2D eigenvalue weighted by Crippen LogP contribution is 2.16. The van der Waals surface area contributed by atoms with Gasteiger partial charge in [0.25, 0.3) is 0 Å². The largest absolute Gasteiger partial charge is 0.319 e. The lowest BCUT2D eigenvalue weighted by Crippen LogP contribution is -2.25. The van der Waals surface area contributed by atoms with E-state index in [1.165, 1.54) is 6.42 Å². The molecule has 0 heterocycles. The summed E-state index contributed by atoms with van der Waals surface area (Å²) in [5, 5.41) is 3.16. The summed E-state index contributed by atoms with van der Waals surface area (Å²) >= 11 is 0. The maximum absolute atomic E-state index is 3.16. The molecule has 0 aromatic rings. The molecule has 0 atom stereocenters. The quantitative estimate of drug-likeness (QED) is 0.690. The van der Waals surface area contributed by atoms with Crippen LogP contribution in [-0.2, 0) is 0 Å². The lowest BCUT2D eigenvalue weighted by molar-refractivity contribution is 0.339. The fourth-order valence-electron chi connectivity index (χ4n) is 0.604. The molecule has 0 saturated heterocycles. The molecule has 0 aliphatic rings. The highest BCUT2D eigenvalue weighted by atomic mass is 14.8. The van der Waals surface area contributed by atoms with Gasteiger partial charge in [0, 0.05) is 0 Å². The number of hydrogen-bond acceptors (Lipinski definition) is 1. The molecule has 0 aliphatic heterocycles.